The number of hydrogen-bond donors (Lipinski definition) is 3. The summed E-state index contributed by atoms with van der Waals surface area (Å²) >= 11 is 0. The number of nitrogens with one attached hydrogen (secondary N) is 1. The Morgan fingerprint density at radius 2 is 1.47 bits per heavy atom. The Morgan fingerprint density at radius 3 is 2.18 bits per heavy atom. The zero-order valence-electron chi connectivity index (χ0n) is 42.1. The summed E-state index contributed by atoms with van der Waals surface area (Å²) in [5.41, 5.74) is 3.62. The van der Waals surface area contributed by atoms with Gasteiger partial charge >= 0.3 is 12.2 Å². The Morgan fingerprint density at radius 1 is 0.792 bits per heavy atom. The molecular formula is C57H59N5O15. The topological polar surface area (TPSA) is 253 Å². The van der Waals surface area contributed by atoms with Crippen LogP contribution in [0.2, 0.25) is 0 Å². The van der Waals surface area contributed by atoms with Gasteiger partial charge in [0.05, 0.1) is 28.1 Å². The Kier molecular flexibility index (Phi) is 17.1. The number of aliphatic hydroxyl groups is 2. The molecule has 0 unspecified atom stereocenters. The number of nitro groups is 2. The largest absolute Gasteiger partial charge is 0.459 e. The van der Waals surface area contributed by atoms with Crippen molar-refractivity contribution in [1.29, 1.82) is 0 Å². The van der Waals surface area contributed by atoms with Crippen molar-refractivity contribution >= 4 is 29.3 Å². The summed E-state index contributed by atoms with van der Waals surface area (Å²) < 4.78 is 38.0. The maximum absolute atomic E-state index is 15.3. The number of rotatable bonds is 23. The van der Waals surface area contributed by atoms with E-state index in [9.17, 15) is 35.2 Å². The minimum atomic E-state index is -1.76. The van der Waals surface area contributed by atoms with Crippen molar-refractivity contribution in [2.45, 2.75) is 82.4 Å². The lowest BCUT2D eigenvalue weighted by Crippen LogP contribution is -2.70. The number of carbonyl (C=O) groups is 2. The quantitative estimate of drug-likeness (QED) is 0.0238. The highest BCUT2D eigenvalue weighted by molar-refractivity contribution is 6.03. The van der Waals surface area contributed by atoms with Crippen molar-refractivity contribution in [3.63, 3.8) is 0 Å². The molecule has 5 aromatic carbocycles. The minimum absolute atomic E-state index is 0.00250. The van der Waals surface area contributed by atoms with Crippen LogP contribution in [0.4, 0.5) is 21.0 Å². The second-order valence-corrected chi connectivity index (χ2v) is 19.1. The van der Waals surface area contributed by atoms with E-state index in [1.165, 1.54) is 41.3 Å². The number of unbranched alkanes of at least 4 members (excludes halogenated alkanes) is 2. The van der Waals surface area contributed by atoms with Gasteiger partial charge in [0, 0.05) is 68.5 Å². The number of non-ortho nitro benzene ring substituents is 2. The van der Waals surface area contributed by atoms with Gasteiger partial charge in [-0.25, -0.2) is 9.59 Å². The molecule has 0 saturated heterocycles. The number of ether oxygens (including phenoxy) is 6. The van der Waals surface area contributed by atoms with Gasteiger partial charge in [-0.15, -0.1) is 6.58 Å². The summed E-state index contributed by atoms with van der Waals surface area (Å²) in [5, 5.41) is 51.0. The molecule has 0 spiro atoms. The summed E-state index contributed by atoms with van der Waals surface area (Å²) in [6, 6.07) is 29.8. The predicted octanol–water partition coefficient (Wildman–Crippen LogP) is 10.1. The number of oxime groups is 1. The Balaban J connectivity index is 1.21. The van der Waals surface area contributed by atoms with E-state index in [2.05, 4.69) is 18.0 Å². The van der Waals surface area contributed by atoms with Gasteiger partial charge in [0.15, 0.2) is 11.5 Å². The number of aliphatic hydroxyl groups excluding tert-OH is 2. The first kappa shape index (κ1) is 53.5. The number of nitro benzene ring substituents is 2. The van der Waals surface area contributed by atoms with Crippen LogP contribution in [0.25, 0.3) is 0 Å². The van der Waals surface area contributed by atoms with Gasteiger partial charge in [0.25, 0.3) is 11.4 Å². The summed E-state index contributed by atoms with van der Waals surface area (Å²) in [7, 11) is 0. The Labute approximate surface area is 443 Å². The van der Waals surface area contributed by atoms with Crippen molar-refractivity contribution in [2.24, 2.45) is 22.9 Å². The third-order valence-electron chi connectivity index (χ3n) is 14.3. The maximum atomic E-state index is 15.3. The van der Waals surface area contributed by atoms with Gasteiger partial charge in [-0.2, -0.15) is 0 Å². The highest BCUT2D eigenvalue weighted by Crippen LogP contribution is 2.62. The van der Waals surface area contributed by atoms with E-state index < -0.39 is 45.7 Å². The third-order valence-corrected chi connectivity index (χ3v) is 14.3. The zero-order chi connectivity index (χ0) is 53.9. The molecule has 4 aliphatic rings. The van der Waals surface area contributed by atoms with E-state index in [1.54, 1.807) is 54.6 Å². The van der Waals surface area contributed by atoms with Crippen molar-refractivity contribution in [3.8, 4) is 28.7 Å². The lowest BCUT2D eigenvalue weighted by Gasteiger charge is -2.59. The molecule has 2 aliphatic carbocycles. The summed E-state index contributed by atoms with van der Waals surface area (Å²) in [4.78, 5) is 58.6. The molecular weight excluding hydrogens is 995 g/mol. The van der Waals surface area contributed by atoms with Crippen LogP contribution in [0.15, 0.2) is 145 Å². The highest BCUT2D eigenvalue weighted by atomic mass is 16.7. The third kappa shape index (κ3) is 12.2. The molecule has 9 rings (SSSR count). The molecule has 0 aromatic heterocycles. The second-order valence-electron chi connectivity index (χ2n) is 19.1. The molecule has 77 heavy (non-hydrogen) atoms. The van der Waals surface area contributed by atoms with Crippen LogP contribution in [0.1, 0.15) is 73.1 Å². The maximum Gasteiger partial charge on any atom is 0.416 e. The van der Waals surface area contributed by atoms with Crippen molar-refractivity contribution in [1.82, 2.24) is 10.2 Å². The lowest BCUT2D eigenvalue weighted by atomic mass is 9.55. The first-order chi connectivity index (χ1) is 37.5. The SMILES string of the molecule is C=CCO[C@@]12Oc3ccc(OC(=O)NCc4ccccc4)cc3[C@H]3[C@H](CCCCO)[C@@H](CCCCO)C=C(C(=NOCc4ccc([N+](=O)[O-])cc4)C[C@@H]1N(Cc1ccc4c(c1)OCO4)C(=O)Oc1ccc([N+](=O)[O-])cc1)[C@H]32. The monoisotopic (exact) mass is 1050 g/mol. The normalized spacial score (nSPS) is 21.1. The molecule has 0 radical (unpaired) electrons. The Bertz CT molecular complexity index is 2990. The van der Waals surface area contributed by atoms with Gasteiger partial charge in [-0.1, -0.05) is 66.5 Å². The number of carbonyl (C=O) groups excluding carboxylic acids is 2. The van der Waals surface area contributed by atoms with Gasteiger partial charge < -0.3 is 48.8 Å². The predicted molar refractivity (Wildman–Crippen MR) is 279 cm³/mol. The van der Waals surface area contributed by atoms with Gasteiger partial charge in [0.2, 0.25) is 12.6 Å². The molecule has 2 amide bonds. The number of benzene rings is 5. The number of allylic oxidation sites excluding steroid dienone is 1. The van der Waals surface area contributed by atoms with Gasteiger partial charge in [-0.05, 0) is 114 Å². The standard InChI is InChI=1S/C57H59N5O15/c1-2-28-73-57-52(60(34-39-16-24-50-51(29-39)72-36-71-50)56(66)76-43-21-19-42(20-22-43)62(69)70)32-48(59-74-35-38-14-17-41(18-15-38)61(67)68)46-30-40(12-6-8-26-63)45(13-7-9-27-64)53(54(46)57)47-31-44(23-25-49(47)77-57)75-55(65)58-33-37-10-4-3-5-11-37/h2-5,10-11,14-25,29-31,40,45,52-54,63-64H,1,6-9,12-13,26-28,32-36H2,(H,58,65)/t40-,45+,52-,53+,54+,57+/m0/s1. The lowest BCUT2D eigenvalue weighted by molar-refractivity contribution is -0.385. The fraction of sp³-hybridized carbons (Fsp3) is 0.351. The number of fused-ring (bicyclic) bond motifs is 3. The van der Waals surface area contributed by atoms with E-state index in [0.717, 1.165) is 5.56 Å². The van der Waals surface area contributed by atoms with Crippen LogP contribution in [-0.4, -0.2) is 81.3 Å². The van der Waals surface area contributed by atoms with E-state index >= 15 is 4.79 Å². The van der Waals surface area contributed by atoms with Crippen molar-refractivity contribution in [3.05, 3.63) is 182 Å². The van der Waals surface area contributed by atoms with E-state index in [0.29, 0.717) is 83.7 Å². The molecule has 2 aliphatic heterocycles. The van der Waals surface area contributed by atoms with Crippen LogP contribution in [-0.2, 0) is 29.3 Å². The molecule has 6 atom stereocenters. The van der Waals surface area contributed by atoms with Gasteiger partial charge in [-0.3, -0.25) is 25.1 Å². The van der Waals surface area contributed by atoms with Crippen LogP contribution >= 0.6 is 0 Å². The fourth-order valence-corrected chi connectivity index (χ4v) is 10.9. The molecule has 5 aromatic rings. The second kappa shape index (κ2) is 24.6. The van der Waals surface area contributed by atoms with Gasteiger partial charge in [0.1, 0.15) is 29.9 Å². The molecule has 20 heteroatoms. The van der Waals surface area contributed by atoms with E-state index in [-0.39, 0.29) is 87.4 Å². The summed E-state index contributed by atoms with van der Waals surface area (Å²) in [5.74, 6) is -1.79. The van der Waals surface area contributed by atoms with Crippen LogP contribution in [0.5, 0.6) is 28.7 Å². The first-order valence-corrected chi connectivity index (χ1v) is 25.5. The molecule has 2 heterocycles. The highest BCUT2D eigenvalue weighted by Gasteiger charge is 2.66. The Hall–Kier alpha value is -8.33. The number of nitrogens with zero attached hydrogens (tertiary/aromatic N) is 4. The zero-order valence-corrected chi connectivity index (χ0v) is 42.1. The number of hydrogen-bond acceptors (Lipinski definition) is 16. The summed E-state index contributed by atoms with van der Waals surface area (Å²) in [6.45, 7) is 3.95. The molecule has 3 N–H and O–H groups in total. The summed E-state index contributed by atoms with van der Waals surface area (Å²) in [6.07, 6.45) is 5.81. The van der Waals surface area contributed by atoms with Crippen LogP contribution in [0.3, 0.4) is 0 Å². The fourth-order valence-electron chi connectivity index (χ4n) is 10.9. The van der Waals surface area contributed by atoms with Crippen molar-refractivity contribution < 1.29 is 62.9 Å². The minimum Gasteiger partial charge on any atom is -0.459 e. The average Bonchev–Trinajstić information content (AvgIpc) is 3.98. The molecule has 402 valence electrons. The number of amides is 2. The molecule has 1 fully saturated rings. The van der Waals surface area contributed by atoms with Crippen LogP contribution < -0.4 is 29.0 Å². The molecule has 0 bridgehead atoms. The molecule has 1 saturated carbocycles. The smallest absolute Gasteiger partial charge is 0.416 e. The van der Waals surface area contributed by atoms with E-state index in [4.69, 9.17) is 38.4 Å². The van der Waals surface area contributed by atoms with Crippen LogP contribution in [0, 0.1) is 38.0 Å². The van der Waals surface area contributed by atoms with E-state index in [1.807, 2.05) is 30.3 Å². The first-order valence-electron chi connectivity index (χ1n) is 25.5. The average molecular weight is 1050 g/mol. The molecule has 20 nitrogen and oxygen atoms in total. The van der Waals surface area contributed by atoms with Crippen molar-refractivity contribution in [2.75, 3.05) is 26.6 Å².